The van der Waals surface area contributed by atoms with Crippen molar-refractivity contribution >= 4 is 5.97 Å². The van der Waals surface area contributed by atoms with Crippen molar-refractivity contribution in [1.82, 2.24) is 4.90 Å². The fourth-order valence-electron chi connectivity index (χ4n) is 6.07. The van der Waals surface area contributed by atoms with Gasteiger partial charge in [-0.2, -0.15) is 13.2 Å². The van der Waals surface area contributed by atoms with Crippen molar-refractivity contribution < 1.29 is 27.5 Å². The van der Waals surface area contributed by atoms with Crippen molar-refractivity contribution in [2.24, 2.45) is 5.92 Å². The lowest BCUT2D eigenvalue weighted by atomic mass is 9.84. The minimum absolute atomic E-state index is 0.250. The molecule has 3 nitrogen and oxygen atoms in total. The highest BCUT2D eigenvalue weighted by Gasteiger charge is 2.52. The lowest BCUT2D eigenvalue weighted by Gasteiger charge is -2.39. The fourth-order valence-corrected chi connectivity index (χ4v) is 6.07. The summed E-state index contributed by atoms with van der Waals surface area (Å²) >= 11 is 0. The van der Waals surface area contributed by atoms with Crippen LogP contribution in [-0.2, 0) is 16.4 Å². The zero-order valence-electron chi connectivity index (χ0n) is 22.0. The zero-order chi connectivity index (χ0) is 27.8. The van der Waals surface area contributed by atoms with Crippen molar-refractivity contribution in [2.75, 3.05) is 13.1 Å². The molecule has 1 heterocycles. The third-order valence-electron chi connectivity index (χ3n) is 8.48. The van der Waals surface area contributed by atoms with E-state index in [1.165, 1.54) is 30.7 Å². The number of benzene rings is 3. The number of aliphatic carboxylic acids is 1. The molecular formula is C32H33F4NO2. The number of alkyl halides is 3. The molecule has 2 fully saturated rings. The van der Waals surface area contributed by atoms with Crippen LogP contribution >= 0.6 is 0 Å². The smallest absolute Gasteiger partial charge is 0.416 e. The van der Waals surface area contributed by atoms with Gasteiger partial charge in [-0.15, -0.1) is 0 Å². The normalized spacial score (nSPS) is 18.6. The Morgan fingerprint density at radius 1 is 1.00 bits per heavy atom. The second-order valence-corrected chi connectivity index (χ2v) is 11.0. The van der Waals surface area contributed by atoms with E-state index in [-0.39, 0.29) is 11.9 Å². The van der Waals surface area contributed by atoms with E-state index in [1.807, 2.05) is 18.2 Å². The first-order valence-corrected chi connectivity index (χ1v) is 13.7. The van der Waals surface area contributed by atoms with Crippen molar-refractivity contribution in [2.45, 2.75) is 63.1 Å². The van der Waals surface area contributed by atoms with Crippen LogP contribution in [0.25, 0.3) is 11.1 Å². The van der Waals surface area contributed by atoms with Gasteiger partial charge in [-0.3, -0.25) is 9.69 Å². The molecule has 0 aromatic heterocycles. The summed E-state index contributed by atoms with van der Waals surface area (Å²) in [5.74, 6) is -0.571. The molecule has 1 atom stereocenters. The van der Waals surface area contributed by atoms with Crippen LogP contribution in [0.5, 0.6) is 0 Å². The van der Waals surface area contributed by atoms with Crippen LogP contribution in [-0.4, -0.2) is 29.1 Å². The van der Waals surface area contributed by atoms with Crippen LogP contribution in [0.15, 0.2) is 66.7 Å². The van der Waals surface area contributed by atoms with Crippen LogP contribution in [0.3, 0.4) is 0 Å². The largest absolute Gasteiger partial charge is 0.481 e. The topological polar surface area (TPSA) is 40.5 Å². The number of carbonyl (C=O) groups is 1. The quantitative estimate of drug-likeness (QED) is 0.293. The molecule has 5 rings (SSSR count). The Labute approximate surface area is 226 Å². The summed E-state index contributed by atoms with van der Waals surface area (Å²) in [7, 11) is 0. The first kappa shape index (κ1) is 27.4. The van der Waals surface area contributed by atoms with Gasteiger partial charge in [-0.25, -0.2) is 4.39 Å². The van der Waals surface area contributed by atoms with Crippen molar-refractivity contribution in [3.8, 4) is 11.1 Å². The molecule has 39 heavy (non-hydrogen) atoms. The molecule has 2 aliphatic rings. The molecule has 0 radical (unpaired) electrons. The monoisotopic (exact) mass is 539 g/mol. The number of carboxylic acids is 1. The van der Waals surface area contributed by atoms with Gasteiger partial charge in [0.05, 0.1) is 17.0 Å². The van der Waals surface area contributed by atoms with Gasteiger partial charge in [0.25, 0.3) is 0 Å². The minimum Gasteiger partial charge on any atom is -0.481 e. The summed E-state index contributed by atoms with van der Waals surface area (Å²) < 4.78 is 53.9. The summed E-state index contributed by atoms with van der Waals surface area (Å²) in [4.78, 5) is 14.5. The molecule has 1 aliphatic carbocycles. The average Bonchev–Trinajstić information content (AvgIpc) is 3.73. The molecule has 3 aromatic carbocycles. The summed E-state index contributed by atoms with van der Waals surface area (Å²) in [6.07, 6.45) is 1.00. The maximum Gasteiger partial charge on any atom is 0.416 e. The SMILES string of the molecule is CCCC1CCN(C(c2ccc(F)cc2)c2ccc(C3(C(=O)O)CC3)cc2-c2ccc(C(F)(F)F)cc2)CC1. The first-order valence-electron chi connectivity index (χ1n) is 13.7. The summed E-state index contributed by atoms with van der Waals surface area (Å²) in [6, 6.07) is 16.8. The Kier molecular flexibility index (Phi) is 7.55. The fraction of sp³-hybridized carbons (Fsp3) is 0.406. The van der Waals surface area contributed by atoms with E-state index in [2.05, 4.69) is 11.8 Å². The van der Waals surface area contributed by atoms with Crippen molar-refractivity contribution in [3.63, 3.8) is 0 Å². The van der Waals surface area contributed by atoms with E-state index in [0.717, 1.165) is 55.6 Å². The summed E-state index contributed by atoms with van der Waals surface area (Å²) in [5, 5.41) is 9.93. The molecule has 1 aliphatic heterocycles. The highest BCUT2D eigenvalue weighted by atomic mass is 19.4. The van der Waals surface area contributed by atoms with Gasteiger partial charge >= 0.3 is 12.1 Å². The predicted molar refractivity (Wildman–Crippen MR) is 143 cm³/mol. The molecular weight excluding hydrogens is 506 g/mol. The highest BCUT2D eigenvalue weighted by Crippen LogP contribution is 2.50. The van der Waals surface area contributed by atoms with Crippen LogP contribution in [0.2, 0.25) is 0 Å². The third-order valence-corrected chi connectivity index (χ3v) is 8.48. The summed E-state index contributed by atoms with van der Waals surface area (Å²) in [6.45, 7) is 3.88. The number of hydrogen-bond donors (Lipinski definition) is 1. The molecule has 1 unspecified atom stereocenters. The number of carboxylic acid groups (broad SMARTS) is 1. The lowest BCUT2D eigenvalue weighted by molar-refractivity contribution is -0.140. The number of halogens is 4. The Hall–Kier alpha value is -3.19. The van der Waals surface area contributed by atoms with E-state index in [9.17, 15) is 27.5 Å². The van der Waals surface area contributed by atoms with Crippen LogP contribution in [0.1, 0.15) is 73.7 Å². The number of nitrogens with zero attached hydrogens (tertiary/aromatic N) is 1. The zero-order valence-corrected chi connectivity index (χ0v) is 22.0. The molecule has 7 heteroatoms. The van der Waals surface area contributed by atoms with E-state index < -0.39 is 23.1 Å². The number of rotatable bonds is 8. The van der Waals surface area contributed by atoms with E-state index in [1.54, 1.807) is 12.1 Å². The van der Waals surface area contributed by atoms with Crippen molar-refractivity contribution in [1.29, 1.82) is 0 Å². The Morgan fingerprint density at radius 3 is 2.18 bits per heavy atom. The highest BCUT2D eigenvalue weighted by molar-refractivity contribution is 5.86. The second-order valence-electron chi connectivity index (χ2n) is 11.0. The summed E-state index contributed by atoms with van der Waals surface area (Å²) in [5.41, 5.74) is 2.04. The van der Waals surface area contributed by atoms with Crippen LogP contribution in [0.4, 0.5) is 17.6 Å². The molecule has 1 N–H and O–H groups in total. The first-order chi connectivity index (χ1) is 18.6. The predicted octanol–water partition coefficient (Wildman–Crippen LogP) is 8.23. The molecule has 0 bridgehead atoms. The Bertz CT molecular complexity index is 1310. The number of piperidine rings is 1. The second kappa shape index (κ2) is 10.8. The number of hydrogen-bond acceptors (Lipinski definition) is 2. The molecule has 0 spiro atoms. The maximum absolute atomic E-state index is 13.9. The van der Waals surface area contributed by atoms with Crippen LogP contribution in [0, 0.1) is 11.7 Å². The molecule has 1 saturated carbocycles. The van der Waals surface area contributed by atoms with E-state index in [4.69, 9.17) is 0 Å². The van der Waals surface area contributed by atoms with Crippen LogP contribution < -0.4 is 0 Å². The van der Waals surface area contributed by atoms with Gasteiger partial charge in [0, 0.05) is 0 Å². The molecule has 1 saturated heterocycles. The standard InChI is InChI=1S/C32H33F4NO2/c1-2-3-21-14-18-37(19-15-21)29(23-6-11-26(33)12-7-23)27-13-10-25(31(16-17-31)30(38)39)20-28(27)22-4-8-24(9-5-22)32(34,35)36/h4-13,20-21,29H,2-3,14-19H2,1H3,(H,38,39). The molecule has 3 aromatic rings. The Morgan fingerprint density at radius 2 is 1.64 bits per heavy atom. The molecule has 0 amide bonds. The van der Waals surface area contributed by atoms with Gasteiger partial charge in [0.15, 0.2) is 0 Å². The molecule has 206 valence electrons. The van der Waals surface area contributed by atoms with Gasteiger partial charge in [0.2, 0.25) is 0 Å². The maximum atomic E-state index is 13.9. The Balaban J connectivity index is 1.63. The average molecular weight is 540 g/mol. The minimum atomic E-state index is -4.45. The van der Waals surface area contributed by atoms with Gasteiger partial charge in [0.1, 0.15) is 5.82 Å². The van der Waals surface area contributed by atoms with E-state index in [0.29, 0.717) is 35.4 Å². The third kappa shape index (κ3) is 5.60. The van der Waals surface area contributed by atoms with Gasteiger partial charge < -0.3 is 5.11 Å². The van der Waals surface area contributed by atoms with E-state index >= 15 is 0 Å². The lowest BCUT2D eigenvalue weighted by Crippen LogP contribution is -2.37. The van der Waals surface area contributed by atoms with Gasteiger partial charge in [-0.1, -0.05) is 56.2 Å². The van der Waals surface area contributed by atoms with Gasteiger partial charge in [-0.05, 0) is 103 Å². The van der Waals surface area contributed by atoms with Crippen molar-refractivity contribution in [3.05, 3.63) is 94.8 Å². The number of likely N-dealkylation sites (tertiary alicyclic amines) is 1.